The molecule has 0 saturated heterocycles. The number of carbonyl (C=O) groups is 1. The molecule has 0 aliphatic heterocycles. The summed E-state index contributed by atoms with van der Waals surface area (Å²) in [5.41, 5.74) is 2.43. The van der Waals surface area contributed by atoms with E-state index in [2.05, 4.69) is 5.32 Å². The lowest BCUT2D eigenvalue weighted by molar-refractivity contribution is -0.137. The molecule has 0 unspecified atom stereocenters. The zero-order chi connectivity index (χ0) is 22.7. The highest BCUT2D eigenvalue weighted by Crippen LogP contribution is 2.36. The van der Waals surface area contributed by atoms with E-state index in [-0.39, 0.29) is 19.1 Å². The zero-order valence-corrected chi connectivity index (χ0v) is 17.8. The van der Waals surface area contributed by atoms with Gasteiger partial charge in [0.05, 0.1) is 12.2 Å². The van der Waals surface area contributed by atoms with Crippen LogP contribution in [0.25, 0.3) is 21.2 Å². The molecule has 1 amide bonds. The number of hydrogen-bond acceptors (Lipinski definition) is 3. The third kappa shape index (κ3) is 4.84. The van der Waals surface area contributed by atoms with Crippen LogP contribution in [0.3, 0.4) is 0 Å². The standard InChI is InChI=1S/C25H20F3NO2S/c26-25(27,28)20-5-1-3-16(13-20)14-21-15-19-4-2-6-22(23(19)32-21)17-7-9-18(10-8-17)24(31)29-11-12-30/h1-10,13,15,30H,11-12,14H2,(H,29,31). The van der Waals surface area contributed by atoms with E-state index in [0.29, 0.717) is 17.5 Å². The number of nitrogens with one attached hydrogen (secondary N) is 1. The minimum Gasteiger partial charge on any atom is -0.395 e. The van der Waals surface area contributed by atoms with Crippen molar-refractivity contribution < 1.29 is 23.1 Å². The molecule has 0 radical (unpaired) electrons. The van der Waals surface area contributed by atoms with Gasteiger partial charge in [-0.15, -0.1) is 11.3 Å². The lowest BCUT2D eigenvalue weighted by Gasteiger charge is -2.08. The fourth-order valence-corrected chi connectivity index (χ4v) is 4.79. The maximum Gasteiger partial charge on any atom is 0.416 e. The Balaban J connectivity index is 1.61. The molecule has 1 heterocycles. The molecule has 2 N–H and O–H groups in total. The molecular formula is C25H20F3NO2S. The molecule has 0 bridgehead atoms. The number of rotatable bonds is 6. The van der Waals surface area contributed by atoms with Gasteiger partial charge in [0.1, 0.15) is 0 Å². The van der Waals surface area contributed by atoms with Gasteiger partial charge >= 0.3 is 6.18 Å². The van der Waals surface area contributed by atoms with Crippen LogP contribution in [-0.4, -0.2) is 24.2 Å². The van der Waals surface area contributed by atoms with Gasteiger partial charge in [0.15, 0.2) is 0 Å². The number of benzene rings is 3. The summed E-state index contributed by atoms with van der Waals surface area (Å²) in [6.07, 6.45) is -3.93. The normalized spacial score (nSPS) is 11.6. The summed E-state index contributed by atoms with van der Waals surface area (Å²) in [4.78, 5) is 13.0. The van der Waals surface area contributed by atoms with Crippen LogP contribution in [0.15, 0.2) is 72.8 Å². The van der Waals surface area contributed by atoms with Crippen molar-refractivity contribution in [2.75, 3.05) is 13.2 Å². The highest BCUT2D eigenvalue weighted by molar-refractivity contribution is 7.19. The Morgan fingerprint density at radius 2 is 1.72 bits per heavy atom. The zero-order valence-electron chi connectivity index (χ0n) is 16.9. The minimum atomic E-state index is -4.36. The van der Waals surface area contributed by atoms with Crippen LogP contribution in [-0.2, 0) is 12.6 Å². The Morgan fingerprint density at radius 1 is 0.969 bits per heavy atom. The van der Waals surface area contributed by atoms with Crippen LogP contribution in [0.5, 0.6) is 0 Å². The van der Waals surface area contributed by atoms with Gasteiger partial charge in [0.2, 0.25) is 0 Å². The maximum absolute atomic E-state index is 13.0. The van der Waals surface area contributed by atoms with Crippen LogP contribution in [0, 0.1) is 0 Å². The predicted octanol–water partition coefficient (Wildman–Crippen LogP) is 5.90. The number of thiophene rings is 1. The van der Waals surface area contributed by atoms with E-state index >= 15 is 0 Å². The minimum absolute atomic E-state index is 0.118. The van der Waals surface area contributed by atoms with Gasteiger partial charge in [0.25, 0.3) is 5.91 Å². The SMILES string of the molecule is O=C(NCCO)c1ccc(-c2cccc3cc(Cc4cccc(C(F)(F)F)c4)sc23)cc1. The predicted molar refractivity (Wildman–Crippen MR) is 121 cm³/mol. The number of halogens is 3. The van der Waals surface area contributed by atoms with Crippen LogP contribution >= 0.6 is 11.3 Å². The first-order valence-electron chi connectivity index (χ1n) is 10.0. The molecular weight excluding hydrogens is 435 g/mol. The van der Waals surface area contributed by atoms with E-state index in [4.69, 9.17) is 5.11 Å². The lowest BCUT2D eigenvalue weighted by Crippen LogP contribution is -2.26. The molecule has 7 heteroatoms. The summed E-state index contributed by atoms with van der Waals surface area (Å²) in [5, 5.41) is 12.5. The highest BCUT2D eigenvalue weighted by atomic mass is 32.1. The first kappa shape index (κ1) is 22.0. The first-order valence-corrected chi connectivity index (χ1v) is 10.8. The first-order chi connectivity index (χ1) is 15.3. The Kier molecular flexibility index (Phi) is 6.30. The Bertz CT molecular complexity index is 1250. The molecule has 0 aliphatic rings. The number of alkyl halides is 3. The fraction of sp³-hybridized carbons (Fsp3) is 0.160. The maximum atomic E-state index is 13.0. The summed E-state index contributed by atoms with van der Waals surface area (Å²) >= 11 is 1.56. The van der Waals surface area contributed by atoms with Gasteiger partial charge in [-0.2, -0.15) is 13.2 Å². The van der Waals surface area contributed by atoms with E-state index in [1.54, 1.807) is 29.5 Å². The Hall–Kier alpha value is -3.16. The number of hydrogen-bond donors (Lipinski definition) is 2. The van der Waals surface area contributed by atoms with Gasteiger partial charge in [0, 0.05) is 28.1 Å². The average molecular weight is 456 g/mol. The average Bonchev–Trinajstić information content (AvgIpc) is 3.19. The van der Waals surface area contributed by atoms with Crippen molar-refractivity contribution in [2.24, 2.45) is 0 Å². The van der Waals surface area contributed by atoms with Crippen molar-refractivity contribution in [1.82, 2.24) is 5.32 Å². The van der Waals surface area contributed by atoms with Crippen LogP contribution in [0.4, 0.5) is 13.2 Å². The van der Waals surface area contributed by atoms with Gasteiger partial charge in [-0.05, 0) is 46.3 Å². The van der Waals surface area contributed by atoms with Crippen LogP contribution in [0.2, 0.25) is 0 Å². The third-order valence-corrected chi connectivity index (χ3v) is 6.27. The van der Waals surface area contributed by atoms with E-state index in [9.17, 15) is 18.0 Å². The second-order valence-electron chi connectivity index (χ2n) is 7.37. The summed E-state index contributed by atoms with van der Waals surface area (Å²) in [5.74, 6) is -0.247. The molecule has 4 aromatic rings. The smallest absolute Gasteiger partial charge is 0.395 e. The summed E-state index contributed by atoms with van der Waals surface area (Å²) < 4.78 is 40.1. The summed E-state index contributed by atoms with van der Waals surface area (Å²) in [6, 6.07) is 20.6. The monoisotopic (exact) mass is 455 g/mol. The molecule has 3 aromatic carbocycles. The molecule has 0 aliphatic carbocycles. The van der Waals surface area contributed by atoms with E-state index in [1.807, 2.05) is 36.4 Å². The van der Waals surface area contributed by atoms with Crippen molar-refractivity contribution in [1.29, 1.82) is 0 Å². The molecule has 164 valence electrons. The number of amides is 1. The Morgan fingerprint density at radius 3 is 2.44 bits per heavy atom. The lowest BCUT2D eigenvalue weighted by atomic mass is 10.0. The third-order valence-electron chi connectivity index (χ3n) is 5.08. The molecule has 32 heavy (non-hydrogen) atoms. The molecule has 1 aromatic heterocycles. The van der Waals surface area contributed by atoms with Gasteiger partial charge in [-0.25, -0.2) is 0 Å². The molecule has 0 spiro atoms. The molecule has 3 nitrogen and oxygen atoms in total. The van der Waals surface area contributed by atoms with Crippen molar-refractivity contribution in [3.05, 3.63) is 94.4 Å². The fourth-order valence-electron chi connectivity index (χ4n) is 3.56. The van der Waals surface area contributed by atoms with Crippen molar-refractivity contribution in [2.45, 2.75) is 12.6 Å². The van der Waals surface area contributed by atoms with Crippen molar-refractivity contribution in [3.8, 4) is 11.1 Å². The summed E-state index contributed by atoms with van der Waals surface area (Å²) in [6.45, 7) is 0.0801. The second-order valence-corrected chi connectivity index (χ2v) is 8.51. The quantitative estimate of drug-likeness (QED) is 0.380. The molecule has 0 fully saturated rings. The number of fused-ring (bicyclic) bond motifs is 1. The van der Waals surface area contributed by atoms with Crippen LogP contribution in [0.1, 0.15) is 26.4 Å². The summed E-state index contributed by atoms with van der Waals surface area (Å²) in [7, 11) is 0. The number of aliphatic hydroxyl groups excluding tert-OH is 1. The van der Waals surface area contributed by atoms with E-state index in [0.717, 1.165) is 32.2 Å². The largest absolute Gasteiger partial charge is 0.416 e. The van der Waals surface area contributed by atoms with Gasteiger partial charge < -0.3 is 10.4 Å². The molecule has 4 rings (SSSR count). The van der Waals surface area contributed by atoms with Crippen molar-refractivity contribution >= 4 is 27.3 Å². The Labute approximate surface area is 187 Å². The van der Waals surface area contributed by atoms with Crippen molar-refractivity contribution in [3.63, 3.8) is 0 Å². The van der Waals surface area contributed by atoms with E-state index < -0.39 is 11.7 Å². The van der Waals surface area contributed by atoms with Crippen LogP contribution < -0.4 is 5.32 Å². The number of carbonyl (C=O) groups excluding carboxylic acids is 1. The number of aliphatic hydroxyl groups is 1. The van der Waals surface area contributed by atoms with Gasteiger partial charge in [-0.3, -0.25) is 4.79 Å². The highest BCUT2D eigenvalue weighted by Gasteiger charge is 2.30. The second kappa shape index (κ2) is 9.14. The topological polar surface area (TPSA) is 49.3 Å². The molecule has 0 saturated carbocycles. The van der Waals surface area contributed by atoms with Gasteiger partial charge in [-0.1, -0.05) is 48.5 Å². The molecule has 0 atom stereocenters. The van der Waals surface area contributed by atoms with E-state index in [1.165, 1.54) is 12.1 Å².